The summed E-state index contributed by atoms with van der Waals surface area (Å²) in [5.74, 6) is 0. The minimum atomic E-state index is -0.680. The van der Waals surface area contributed by atoms with Crippen LogP contribution in [0.1, 0.15) is 44.5 Å². The van der Waals surface area contributed by atoms with E-state index in [1.54, 1.807) is 0 Å². The Kier molecular flexibility index (Phi) is 9.77. The van der Waals surface area contributed by atoms with E-state index in [4.69, 9.17) is 0 Å². The molecule has 1 heteroatoms. The first-order valence-corrected chi connectivity index (χ1v) is 26.2. The highest BCUT2D eigenvalue weighted by molar-refractivity contribution is 6.10. The van der Waals surface area contributed by atoms with Gasteiger partial charge in [0.1, 0.15) is 0 Å². The predicted octanol–water partition coefficient (Wildman–Crippen LogP) is 18.9. The average Bonchev–Trinajstić information content (AvgIpc) is 4.22. The van der Waals surface area contributed by atoms with Gasteiger partial charge in [0.2, 0.25) is 0 Å². The zero-order valence-electron chi connectivity index (χ0n) is 41.2. The van der Waals surface area contributed by atoms with Gasteiger partial charge in [0.05, 0.1) is 16.5 Å². The molecule has 0 N–H and O–H groups in total. The van der Waals surface area contributed by atoms with Crippen molar-refractivity contribution in [2.24, 2.45) is 0 Å². The van der Waals surface area contributed by atoms with Gasteiger partial charge in [-0.3, -0.25) is 0 Å². The molecule has 1 nitrogen and oxygen atoms in total. The predicted molar refractivity (Wildman–Crippen MR) is 311 cm³/mol. The molecule has 0 amide bonds. The van der Waals surface area contributed by atoms with E-state index in [1.165, 1.54) is 117 Å². The largest absolute Gasteiger partial charge is 0.309 e. The third-order valence-corrected chi connectivity index (χ3v) is 16.6. The molecule has 12 aromatic carbocycles. The Hall–Kier alpha value is -9.56. The van der Waals surface area contributed by atoms with Crippen molar-refractivity contribution in [3.8, 4) is 66.8 Å². The number of anilines is 3. The average molecular weight is 952 g/mol. The van der Waals surface area contributed by atoms with Crippen molar-refractivity contribution in [3.05, 3.63) is 342 Å². The van der Waals surface area contributed by atoms with Crippen LogP contribution >= 0.6 is 0 Å². The lowest BCUT2D eigenvalue weighted by molar-refractivity contribution is 0.753. The van der Waals surface area contributed by atoms with Gasteiger partial charge in [-0.15, -0.1) is 0 Å². The quantitative estimate of drug-likeness (QED) is 0.147. The SMILES string of the molecule is c1ccc(-c2ccc(N(c3ccc(-c4ccccc4)cc3)c3c4c(cc5c3-c3ccc(-c6ccccc6)cc3C53c5ccccc5-c5ccccc53)C(c3ccccc3)(c3ccccc3)c3ccccc3-4)cc2)cc1. The van der Waals surface area contributed by atoms with Gasteiger partial charge in [-0.25, -0.2) is 0 Å². The van der Waals surface area contributed by atoms with Crippen molar-refractivity contribution in [1.29, 1.82) is 0 Å². The van der Waals surface area contributed by atoms with Crippen LogP contribution in [0.2, 0.25) is 0 Å². The van der Waals surface area contributed by atoms with E-state index in [2.05, 4.69) is 302 Å². The van der Waals surface area contributed by atoms with Gasteiger partial charge in [0.25, 0.3) is 0 Å². The summed E-state index contributed by atoms with van der Waals surface area (Å²) < 4.78 is 0. The minimum Gasteiger partial charge on any atom is -0.309 e. The maximum absolute atomic E-state index is 2.67. The first kappa shape index (κ1) is 43.1. The molecule has 0 bridgehead atoms. The summed E-state index contributed by atoms with van der Waals surface area (Å²) in [6.45, 7) is 0. The van der Waals surface area contributed by atoms with Crippen molar-refractivity contribution in [2.75, 3.05) is 4.90 Å². The summed E-state index contributed by atoms with van der Waals surface area (Å²) in [5.41, 5.74) is 26.9. The third kappa shape index (κ3) is 6.25. The molecule has 0 heterocycles. The monoisotopic (exact) mass is 951 g/mol. The molecule has 0 aliphatic heterocycles. The Labute approximate surface area is 439 Å². The summed E-state index contributed by atoms with van der Waals surface area (Å²) in [4.78, 5) is 2.60. The maximum atomic E-state index is 2.67. The second-order valence-electron chi connectivity index (χ2n) is 20.2. The van der Waals surface area contributed by atoms with Crippen LogP contribution in [0.15, 0.2) is 297 Å². The second kappa shape index (κ2) is 17.0. The molecule has 1 spiro atoms. The van der Waals surface area contributed by atoms with Crippen LogP contribution in [-0.4, -0.2) is 0 Å². The summed E-state index contributed by atoms with van der Waals surface area (Å²) >= 11 is 0. The van der Waals surface area contributed by atoms with Crippen molar-refractivity contribution < 1.29 is 0 Å². The highest BCUT2D eigenvalue weighted by Crippen LogP contribution is 2.70. The normalized spacial score (nSPS) is 13.5. The molecule has 0 radical (unpaired) electrons. The smallest absolute Gasteiger partial charge is 0.0726 e. The first-order chi connectivity index (χ1) is 37.2. The van der Waals surface area contributed by atoms with E-state index in [-0.39, 0.29) is 0 Å². The van der Waals surface area contributed by atoms with Gasteiger partial charge in [0, 0.05) is 22.5 Å². The van der Waals surface area contributed by atoms with Crippen molar-refractivity contribution in [1.82, 2.24) is 0 Å². The van der Waals surface area contributed by atoms with E-state index < -0.39 is 10.8 Å². The molecule has 3 aliphatic rings. The molecule has 350 valence electrons. The highest BCUT2D eigenvalue weighted by Gasteiger charge is 2.56. The third-order valence-electron chi connectivity index (χ3n) is 16.6. The molecule has 15 rings (SSSR count). The lowest BCUT2D eigenvalue weighted by Crippen LogP contribution is -2.30. The van der Waals surface area contributed by atoms with Gasteiger partial charge in [0.15, 0.2) is 0 Å². The van der Waals surface area contributed by atoms with Crippen LogP contribution in [0.4, 0.5) is 17.1 Å². The summed E-state index contributed by atoms with van der Waals surface area (Å²) in [6, 6.07) is 111. The Morgan fingerprint density at radius 3 is 1.01 bits per heavy atom. The number of fused-ring (bicyclic) bond motifs is 13. The molecule has 3 aliphatic carbocycles. The first-order valence-electron chi connectivity index (χ1n) is 26.2. The molecule has 0 fully saturated rings. The topological polar surface area (TPSA) is 3.24 Å². The molecule has 0 aromatic heterocycles. The van der Waals surface area contributed by atoms with E-state index in [9.17, 15) is 0 Å². The van der Waals surface area contributed by atoms with Gasteiger partial charge < -0.3 is 4.90 Å². The van der Waals surface area contributed by atoms with Crippen molar-refractivity contribution >= 4 is 17.1 Å². The number of hydrogen-bond acceptors (Lipinski definition) is 1. The van der Waals surface area contributed by atoms with Gasteiger partial charge in [-0.2, -0.15) is 0 Å². The lowest BCUT2D eigenvalue weighted by atomic mass is 9.65. The van der Waals surface area contributed by atoms with Gasteiger partial charge in [-0.1, -0.05) is 267 Å². The van der Waals surface area contributed by atoms with Crippen molar-refractivity contribution in [2.45, 2.75) is 10.8 Å². The summed E-state index contributed by atoms with van der Waals surface area (Å²) in [5, 5.41) is 0. The van der Waals surface area contributed by atoms with E-state index in [0.29, 0.717) is 0 Å². The van der Waals surface area contributed by atoms with Crippen molar-refractivity contribution in [3.63, 3.8) is 0 Å². The Morgan fingerprint density at radius 2 is 0.547 bits per heavy atom. The van der Waals surface area contributed by atoms with Crippen LogP contribution in [0.25, 0.3) is 66.8 Å². The lowest BCUT2D eigenvalue weighted by Gasteiger charge is -2.37. The van der Waals surface area contributed by atoms with Gasteiger partial charge in [-0.05, 0) is 130 Å². The van der Waals surface area contributed by atoms with Crippen LogP contribution in [0.3, 0.4) is 0 Å². The molecule has 0 unspecified atom stereocenters. The second-order valence-corrected chi connectivity index (χ2v) is 20.2. The highest BCUT2D eigenvalue weighted by atomic mass is 15.1. The Morgan fingerprint density at radius 1 is 0.213 bits per heavy atom. The van der Waals surface area contributed by atoms with Crippen LogP contribution in [-0.2, 0) is 10.8 Å². The minimum absolute atomic E-state index is 0.666. The fraction of sp³-hybridized carbons (Fsp3) is 0.0270. The van der Waals surface area contributed by atoms with Crippen LogP contribution in [0, 0.1) is 0 Å². The molecule has 0 saturated carbocycles. The van der Waals surface area contributed by atoms with E-state index in [0.717, 1.165) is 11.4 Å². The Balaban J connectivity index is 1.14. The number of rotatable bonds is 8. The molecule has 0 atom stereocenters. The fourth-order valence-electron chi connectivity index (χ4n) is 13.5. The van der Waals surface area contributed by atoms with E-state index >= 15 is 0 Å². The standard InChI is InChI=1S/C74H49N/c1-6-22-50(23-7-1)53-38-43-58(44-39-53)75(59-45-40-54(41-46-59)51-24-8-2-9-25-51)72-70-62-34-18-21-37-66(62)73(56-28-12-4-13-29-56,57-30-14-5-15-31-57)68(70)49-69-71(72)63-47-42-55(52-26-10-3-11-27-52)48-67(63)74(69)64-35-19-16-32-60(64)61-33-17-20-36-65(61)74/h1-49H. The molecule has 75 heavy (non-hydrogen) atoms. The molecular weight excluding hydrogens is 903 g/mol. The maximum Gasteiger partial charge on any atom is 0.0726 e. The Bertz CT molecular complexity index is 3960. The number of nitrogens with zero attached hydrogens (tertiary/aromatic N) is 1. The van der Waals surface area contributed by atoms with E-state index in [1.807, 2.05) is 0 Å². The summed E-state index contributed by atoms with van der Waals surface area (Å²) in [6.07, 6.45) is 0. The van der Waals surface area contributed by atoms with Gasteiger partial charge >= 0.3 is 0 Å². The molecular formula is C74H49N. The number of benzene rings is 12. The summed E-state index contributed by atoms with van der Waals surface area (Å²) in [7, 11) is 0. The number of hydrogen-bond donors (Lipinski definition) is 0. The fourth-order valence-corrected chi connectivity index (χ4v) is 13.5. The molecule has 0 saturated heterocycles. The zero-order chi connectivity index (χ0) is 49.5. The van der Waals surface area contributed by atoms with Crippen LogP contribution < -0.4 is 4.90 Å². The zero-order valence-corrected chi connectivity index (χ0v) is 41.2. The van der Waals surface area contributed by atoms with Crippen LogP contribution in [0.5, 0.6) is 0 Å². The molecule has 12 aromatic rings.